The minimum atomic E-state index is -0.0956. The lowest BCUT2D eigenvalue weighted by molar-refractivity contribution is -0.139. The molecule has 2 aliphatic rings. The van der Waals surface area contributed by atoms with Crippen molar-refractivity contribution >= 4 is 17.5 Å². The number of aryl methyl sites for hydroxylation is 1. The Kier molecular flexibility index (Phi) is 8.28. The van der Waals surface area contributed by atoms with Crippen LogP contribution in [0.2, 0.25) is 0 Å². The minimum Gasteiger partial charge on any atom is -0.383 e. The number of amides is 2. The molecule has 1 aliphatic heterocycles. The van der Waals surface area contributed by atoms with Crippen molar-refractivity contribution in [3.63, 3.8) is 0 Å². The van der Waals surface area contributed by atoms with Crippen molar-refractivity contribution in [2.24, 2.45) is 5.92 Å². The van der Waals surface area contributed by atoms with Gasteiger partial charge in [0.25, 0.3) is 0 Å². The highest BCUT2D eigenvalue weighted by molar-refractivity contribution is 5.93. The summed E-state index contributed by atoms with van der Waals surface area (Å²) in [6, 6.07) is 6.29. The molecule has 1 heterocycles. The fourth-order valence-corrected chi connectivity index (χ4v) is 4.93. The van der Waals surface area contributed by atoms with Gasteiger partial charge in [0, 0.05) is 31.9 Å². The maximum absolute atomic E-state index is 13.2. The molecule has 1 aliphatic carbocycles. The smallest absolute Gasteiger partial charge is 0.238 e. The van der Waals surface area contributed by atoms with E-state index in [0.29, 0.717) is 25.1 Å². The highest BCUT2D eigenvalue weighted by atomic mass is 16.5. The van der Waals surface area contributed by atoms with Gasteiger partial charge in [-0.1, -0.05) is 25.0 Å². The van der Waals surface area contributed by atoms with Gasteiger partial charge in [0.2, 0.25) is 11.8 Å². The van der Waals surface area contributed by atoms with Crippen LogP contribution in [0.15, 0.2) is 18.2 Å². The third-order valence-electron chi connectivity index (χ3n) is 6.78. The van der Waals surface area contributed by atoms with Crippen LogP contribution in [0.5, 0.6) is 0 Å². The Morgan fingerprint density at radius 2 is 1.90 bits per heavy atom. The lowest BCUT2D eigenvalue weighted by Crippen LogP contribution is -2.53. The first-order chi connectivity index (χ1) is 14.5. The Balaban J connectivity index is 1.61. The molecule has 0 aromatic heterocycles. The molecule has 1 aromatic rings. The van der Waals surface area contributed by atoms with Gasteiger partial charge < -0.3 is 15.0 Å². The van der Waals surface area contributed by atoms with Crippen LogP contribution in [-0.2, 0) is 14.3 Å². The van der Waals surface area contributed by atoms with E-state index in [4.69, 9.17) is 4.74 Å². The first-order valence-corrected chi connectivity index (χ1v) is 11.4. The minimum absolute atomic E-state index is 0.0956. The number of fused-ring (bicyclic) bond motifs is 1. The molecule has 30 heavy (non-hydrogen) atoms. The van der Waals surface area contributed by atoms with Gasteiger partial charge in [0.05, 0.1) is 19.7 Å². The SMILES string of the molecule is COCCN(CC(=O)Nc1cccc(C)c1C)CC(=O)N1CCCC2CCCCC21. The van der Waals surface area contributed by atoms with Gasteiger partial charge in [0.1, 0.15) is 0 Å². The van der Waals surface area contributed by atoms with E-state index in [1.54, 1.807) is 7.11 Å². The van der Waals surface area contributed by atoms with Crippen molar-refractivity contribution in [3.8, 4) is 0 Å². The quantitative estimate of drug-likeness (QED) is 0.707. The Bertz CT molecular complexity index is 734. The summed E-state index contributed by atoms with van der Waals surface area (Å²) < 4.78 is 5.22. The topological polar surface area (TPSA) is 61.9 Å². The molecule has 2 atom stereocenters. The van der Waals surface area contributed by atoms with Crippen molar-refractivity contribution < 1.29 is 14.3 Å². The summed E-state index contributed by atoms with van der Waals surface area (Å²) in [7, 11) is 1.65. The maximum atomic E-state index is 13.2. The van der Waals surface area contributed by atoms with Crippen molar-refractivity contribution in [1.82, 2.24) is 9.80 Å². The van der Waals surface area contributed by atoms with E-state index in [0.717, 1.165) is 36.2 Å². The van der Waals surface area contributed by atoms with E-state index in [9.17, 15) is 9.59 Å². The Morgan fingerprint density at radius 3 is 2.70 bits per heavy atom. The summed E-state index contributed by atoms with van der Waals surface area (Å²) in [5, 5.41) is 3.01. The standard InChI is InChI=1S/C24H37N3O3/c1-18-8-6-11-21(19(18)2)25-23(28)16-26(14-15-30-3)17-24(29)27-13-7-10-20-9-4-5-12-22(20)27/h6,8,11,20,22H,4-5,7,9-10,12-17H2,1-3H3,(H,25,28). The van der Waals surface area contributed by atoms with E-state index in [1.807, 2.05) is 36.9 Å². The molecular formula is C24H37N3O3. The third-order valence-corrected chi connectivity index (χ3v) is 6.78. The zero-order valence-electron chi connectivity index (χ0n) is 18.8. The molecule has 1 N–H and O–H groups in total. The van der Waals surface area contributed by atoms with E-state index in [2.05, 4.69) is 10.2 Å². The monoisotopic (exact) mass is 415 g/mol. The second-order valence-electron chi connectivity index (χ2n) is 8.84. The number of piperidine rings is 1. The third kappa shape index (κ3) is 5.82. The molecule has 3 rings (SSSR count). The van der Waals surface area contributed by atoms with E-state index >= 15 is 0 Å². The number of carbonyl (C=O) groups is 2. The first kappa shape index (κ1) is 22.8. The van der Waals surface area contributed by atoms with Gasteiger partial charge in [-0.25, -0.2) is 0 Å². The normalized spacial score (nSPS) is 21.4. The molecule has 1 saturated carbocycles. The Hall–Kier alpha value is -1.92. The van der Waals surface area contributed by atoms with Gasteiger partial charge in [-0.3, -0.25) is 14.5 Å². The van der Waals surface area contributed by atoms with Crippen LogP contribution >= 0.6 is 0 Å². The molecule has 6 heteroatoms. The summed E-state index contributed by atoms with van der Waals surface area (Å²) in [5.41, 5.74) is 3.05. The fraction of sp³-hybridized carbons (Fsp3) is 0.667. The van der Waals surface area contributed by atoms with Crippen LogP contribution in [0, 0.1) is 19.8 Å². The molecular weight excluding hydrogens is 378 g/mol. The van der Waals surface area contributed by atoms with E-state index < -0.39 is 0 Å². The summed E-state index contributed by atoms with van der Waals surface area (Å²) in [5.74, 6) is 0.723. The zero-order valence-corrected chi connectivity index (χ0v) is 18.8. The van der Waals surface area contributed by atoms with Gasteiger partial charge in [0.15, 0.2) is 0 Å². The molecule has 1 aromatic carbocycles. The van der Waals surface area contributed by atoms with E-state index in [-0.39, 0.29) is 24.9 Å². The number of methoxy groups -OCH3 is 1. The number of benzene rings is 1. The molecule has 6 nitrogen and oxygen atoms in total. The number of likely N-dealkylation sites (tertiary alicyclic amines) is 1. The molecule has 0 radical (unpaired) electrons. The van der Waals surface area contributed by atoms with Gasteiger partial charge in [-0.15, -0.1) is 0 Å². The van der Waals surface area contributed by atoms with Crippen LogP contribution in [0.3, 0.4) is 0 Å². The van der Waals surface area contributed by atoms with Crippen molar-refractivity contribution in [3.05, 3.63) is 29.3 Å². The number of nitrogens with zero attached hydrogens (tertiary/aromatic N) is 2. The first-order valence-electron chi connectivity index (χ1n) is 11.4. The number of hydrogen-bond donors (Lipinski definition) is 1. The van der Waals surface area contributed by atoms with Gasteiger partial charge in [-0.2, -0.15) is 0 Å². The molecule has 2 fully saturated rings. The fourth-order valence-electron chi connectivity index (χ4n) is 4.93. The second kappa shape index (κ2) is 10.9. The van der Waals surface area contributed by atoms with Crippen LogP contribution in [0.25, 0.3) is 0 Å². The second-order valence-corrected chi connectivity index (χ2v) is 8.84. The van der Waals surface area contributed by atoms with Crippen LogP contribution in [-0.4, -0.2) is 67.6 Å². The van der Waals surface area contributed by atoms with Crippen LogP contribution in [0.4, 0.5) is 5.69 Å². The highest BCUT2D eigenvalue weighted by Gasteiger charge is 2.36. The van der Waals surface area contributed by atoms with Gasteiger partial charge in [-0.05, 0) is 62.6 Å². The number of rotatable bonds is 8. The molecule has 2 amide bonds. The van der Waals surface area contributed by atoms with Gasteiger partial charge >= 0.3 is 0 Å². The number of nitrogens with one attached hydrogen (secondary N) is 1. The number of carbonyl (C=O) groups excluding carboxylic acids is 2. The summed E-state index contributed by atoms with van der Waals surface area (Å²) in [6.07, 6.45) is 7.23. The molecule has 1 saturated heterocycles. The predicted molar refractivity (Wildman–Crippen MR) is 120 cm³/mol. The lowest BCUT2D eigenvalue weighted by atomic mass is 9.78. The molecule has 166 valence electrons. The number of anilines is 1. The molecule has 0 spiro atoms. The molecule has 2 unspecified atom stereocenters. The summed E-state index contributed by atoms with van der Waals surface area (Å²) >= 11 is 0. The summed E-state index contributed by atoms with van der Waals surface area (Å²) in [4.78, 5) is 29.9. The average Bonchev–Trinajstić information content (AvgIpc) is 2.74. The van der Waals surface area contributed by atoms with Crippen LogP contribution in [0.1, 0.15) is 49.7 Å². The Morgan fingerprint density at radius 1 is 1.13 bits per heavy atom. The van der Waals surface area contributed by atoms with E-state index in [1.165, 1.54) is 25.7 Å². The van der Waals surface area contributed by atoms with Crippen molar-refractivity contribution in [2.75, 3.05) is 45.2 Å². The van der Waals surface area contributed by atoms with Crippen molar-refractivity contribution in [1.29, 1.82) is 0 Å². The largest absolute Gasteiger partial charge is 0.383 e. The van der Waals surface area contributed by atoms with Crippen molar-refractivity contribution in [2.45, 2.75) is 58.4 Å². The number of ether oxygens (including phenoxy) is 1. The lowest BCUT2D eigenvalue weighted by Gasteiger charge is -2.44. The van der Waals surface area contributed by atoms with Crippen LogP contribution < -0.4 is 5.32 Å². The molecule has 0 bridgehead atoms. The highest BCUT2D eigenvalue weighted by Crippen LogP contribution is 2.35. The number of hydrogen-bond acceptors (Lipinski definition) is 4. The zero-order chi connectivity index (χ0) is 21.5. The Labute approximate surface area is 180 Å². The summed E-state index contributed by atoms with van der Waals surface area (Å²) in [6.45, 7) is 6.41. The maximum Gasteiger partial charge on any atom is 0.238 e. The average molecular weight is 416 g/mol. The predicted octanol–water partition coefficient (Wildman–Crippen LogP) is 3.37.